The van der Waals surface area contributed by atoms with E-state index >= 15 is 0 Å². The van der Waals surface area contributed by atoms with E-state index in [0.717, 1.165) is 51.0 Å². The van der Waals surface area contributed by atoms with Gasteiger partial charge >= 0.3 is 0 Å². The highest BCUT2D eigenvalue weighted by Crippen LogP contribution is 2.24. The fraction of sp³-hybridized carbons (Fsp3) is 0.579. The van der Waals surface area contributed by atoms with Gasteiger partial charge in [0.2, 0.25) is 11.8 Å². The van der Waals surface area contributed by atoms with Crippen LogP contribution in [-0.4, -0.2) is 48.9 Å². The molecule has 5 nitrogen and oxygen atoms in total. The molecule has 1 aromatic rings. The predicted molar refractivity (Wildman–Crippen MR) is 101 cm³/mol. The van der Waals surface area contributed by atoms with Crippen molar-refractivity contribution in [1.82, 2.24) is 15.5 Å². The van der Waals surface area contributed by atoms with E-state index in [4.69, 9.17) is 0 Å². The molecular formula is C19H28ClN3O2. The lowest BCUT2D eigenvalue weighted by Crippen LogP contribution is -2.54. The van der Waals surface area contributed by atoms with Gasteiger partial charge in [0.05, 0.1) is 11.8 Å². The van der Waals surface area contributed by atoms with Crippen molar-refractivity contribution in [2.45, 2.75) is 38.1 Å². The van der Waals surface area contributed by atoms with Crippen molar-refractivity contribution in [3.8, 4) is 0 Å². The Hall–Kier alpha value is -1.59. The normalized spacial score (nSPS) is 19.5. The lowest BCUT2D eigenvalue weighted by Gasteiger charge is -2.36. The molecule has 0 saturated carbocycles. The lowest BCUT2D eigenvalue weighted by molar-refractivity contribution is -0.134. The van der Waals surface area contributed by atoms with Gasteiger partial charge in [-0.1, -0.05) is 37.3 Å². The first-order valence-corrected chi connectivity index (χ1v) is 9.04. The number of halogens is 1. The van der Waals surface area contributed by atoms with E-state index in [0.29, 0.717) is 0 Å². The Morgan fingerprint density at radius 1 is 1.20 bits per heavy atom. The molecular weight excluding hydrogens is 338 g/mol. The monoisotopic (exact) mass is 365 g/mol. The SMILES string of the molecule is CCC(C(=O)N1CCC(NC(=O)C2CNC2)CC1)c1ccccc1.Cl. The summed E-state index contributed by atoms with van der Waals surface area (Å²) in [4.78, 5) is 26.8. The summed E-state index contributed by atoms with van der Waals surface area (Å²) < 4.78 is 0. The highest BCUT2D eigenvalue weighted by Gasteiger charge is 2.31. The van der Waals surface area contributed by atoms with Crippen molar-refractivity contribution in [1.29, 1.82) is 0 Å². The van der Waals surface area contributed by atoms with Crippen LogP contribution in [0.2, 0.25) is 0 Å². The Kier molecular flexibility index (Phi) is 7.26. The van der Waals surface area contributed by atoms with Crippen LogP contribution in [0.15, 0.2) is 30.3 Å². The minimum Gasteiger partial charge on any atom is -0.353 e. The number of rotatable bonds is 5. The molecule has 2 fully saturated rings. The molecule has 0 aliphatic carbocycles. The van der Waals surface area contributed by atoms with Crippen molar-refractivity contribution in [2.24, 2.45) is 5.92 Å². The standard InChI is InChI=1S/C19H27N3O2.ClH/c1-2-17(14-6-4-3-5-7-14)19(24)22-10-8-16(9-11-22)21-18(23)15-12-20-13-15;/h3-7,15-17,20H,2,8-13H2,1H3,(H,21,23);1H. The van der Waals surface area contributed by atoms with Gasteiger partial charge in [0.1, 0.15) is 0 Å². The number of amides is 2. The maximum atomic E-state index is 12.9. The molecule has 0 aromatic heterocycles. The van der Waals surface area contributed by atoms with Gasteiger partial charge in [0.25, 0.3) is 0 Å². The summed E-state index contributed by atoms with van der Waals surface area (Å²) in [6.45, 7) is 5.11. The molecule has 0 radical (unpaired) electrons. The Labute approximate surface area is 155 Å². The Balaban J connectivity index is 0.00000225. The fourth-order valence-electron chi connectivity index (χ4n) is 3.50. The van der Waals surface area contributed by atoms with Gasteiger partial charge in [-0.25, -0.2) is 0 Å². The number of carbonyl (C=O) groups excluding carboxylic acids is 2. The van der Waals surface area contributed by atoms with Crippen LogP contribution in [0, 0.1) is 5.92 Å². The van der Waals surface area contributed by atoms with Crippen LogP contribution in [0.5, 0.6) is 0 Å². The van der Waals surface area contributed by atoms with Crippen molar-refractivity contribution >= 4 is 24.2 Å². The van der Waals surface area contributed by atoms with Crippen LogP contribution < -0.4 is 10.6 Å². The van der Waals surface area contributed by atoms with Gasteiger partial charge in [-0.2, -0.15) is 0 Å². The third-order valence-electron chi connectivity index (χ3n) is 5.21. The average molecular weight is 366 g/mol. The molecule has 2 amide bonds. The second-order valence-electron chi connectivity index (χ2n) is 6.83. The van der Waals surface area contributed by atoms with E-state index in [-0.39, 0.29) is 42.1 Å². The number of likely N-dealkylation sites (tertiary alicyclic amines) is 1. The molecule has 2 saturated heterocycles. The minimum absolute atomic E-state index is 0. The van der Waals surface area contributed by atoms with Gasteiger partial charge in [-0.15, -0.1) is 12.4 Å². The summed E-state index contributed by atoms with van der Waals surface area (Å²) in [6, 6.07) is 10.2. The fourth-order valence-corrected chi connectivity index (χ4v) is 3.50. The van der Waals surface area contributed by atoms with Crippen LogP contribution in [-0.2, 0) is 9.59 Å². The zero-order chi connectivity index (χ0) is 16.9. The van der Waals surface area contributed by atoms with Crippen LogP contribution in [0.1, 0.15) is 37.7 Å². The van der Waals surface area contributed by atoms with Crippen LogP contribution in [0.3, 0.4) is 0 Å². The summed E-state index contributed by atoms with van der Waals surface area (Å²) in [6.07, 6.45) is 2.51. The first-order chi connectivity index (χ1) is 11.7. The van der Waals surface area contributed by atoms with Gasteiger partial charge in [0.15, 0.2) is 0 Å². The van der Waals surface area contributed by atoms with Gasteiger partial charge in [-0.05, 0) is 24.8 Å². The average Bonchev–Trinajstić information content (AvgIpc) is 2.55. The maximum absolute atomic E-state index is 12.9. The molecule has 1 aromatic carbocycles. The van der Waals surface area contributed by atoms with Crippen molar-refractivity contribution in [3.63, 3.8) is 0 Å². The molecule has 6 heteroatoms. The topological polar surface area (TPSA) is 61.4 Å². The quantitative estimate of drug-likeness (QED) is 0.838. The van der Waals surface area contributed by atoms with Crippen LogP contribution in [0.25, 0.3) is 0 Å². The van der Waals surface area contributed by atoms with E-state index in [1.165, 1.54) is 0 Å². The summed E-state index contributed by atoms with van der Waals surface area (Å²) in [7, 11) is 0. The van der Waals surface area contributed by atoms with E-state index < -0.39 is 0 Å². The number of piperidine rings is 1. The van der Waals surface area contributed by atoms with Gasteiger partial charge in [0, 0.05) is 32.2 Å². The van der Waals surface area contributed by atoms with Crippen LogP contribution >= 0.6 is 12.4 Å². The molecule has 1 atom stereocenters. The number of hydrogen-bond donors (Lipinski definition) is 2. The Bertz CT molecular complexity index is 569. The summed E-state index contributed by atoms with van der Waals surface area (Å²) in [5.41, 5.74) is 1.10. The van der Waals surface area contributed by atoms with Gasteiger partial charge < -0.3 is 15.5 Å². The molecule has 0 spiro atoms. The molecule has 2 heterocycles. The Morgan fingerprint density at radius 2 is 1.84 bits per heavy atom. The van der Waals surface area contributed by atoms with Gasteiger partial charge in [-0.3, -0.25) is 9.59 Å². The third-order valence-corrected chi connectivity index (χ3v) is 5.21. The number of benzene rings is 1. The number of carbonyl (C=O) groups is 2. The first kappa shape index (κ1) is 19.7. The minimum atomic E-state index is -0.0570. The Morgan fingerprint density at radius 3 is 2.36 bits per heavy atom. The number of nitrogens with one attached hydrogen (secondary N) is 2. The first-order valence-electron chi connectivity index (χ1n) is 9.04. The zero-order valence-corrected chi connectivity index (χ0v) is 15.6. The lowest BCUT2D eigenvalue weighted by atomic mass is 9.93. The second kappa shape index (κ2) is 9.20. The molecule has 0 bridgehead atoms. The molecule has 138 valence electrons. The predicted octanol–water partition coefficient (Wildman–Crippen LogP) is 1.93. The smallest absolute Gasteiger partial charge is 0.230 e. The number of hydrogen-bond acceptors (Lipinski definition) is 3. The molecule has 3 rings (SSSR count). The summed E-state index contributed by atoms with van der Waals surface area (Å²) in [5, 5.41) is 6.26. The highest BCUT2D eigenvalue weighted by molar-refractivity contribution is 5.85. The summed E-state index contributed by atoms with van der Waals surface area (Å²) >= 11 is 0. The molecule has 2 N–H and O–H groups in total. The van der Waals surface area contributed by atoms with E-state index in [1.54, 1.807) is 0 Å². The van der Waals surface area contributed by atoms with Crippen molar-refractivity contribution in [3.05, 3.63) is 35.9 Å². The highest BCUT2D eigenvalue weighted by atomic mass is 35.5. The summed E-state index contributed by atoms with van der Waals surface area (Å²) in [5.74, 6) is 0.455. The maximum Gasteiger partial charge on any atom is 0.230 e. The zero-order valence-electron chi connectivity index (χ0n) is 14.7. The molecule has 2 aliphatic heterocycles. The molecule has 2 aliphatic rings. The van der Waals surface area contributed by atoms with Crippen LogP contribution in [0.4, 0.5) is 0 Å². The van der Waals surface area contributed by atoms with Crippen molar-refractivity contribution in [2.75, 3.05) is 26.2 Å². The van der Waals surface area contributed by atoms with E-state index in [1.807, 2.05) is 35.2 Å². The number of nitrogens with zero attached hydrogens (tertiary/aromatic N) is 1. The van der Waals surface area contributed by atoms with E-state index in [9.17, 15) is 9.59 Å². The molecule has 1 unspecified atom stereocenters. The largest absolute Gasteiger partial charge is 0.353 e. The van der Waals surface area contributed by atoms with Crippen molar-refractivity contribution < 1.29 is 9.59 Å². The third kappa shape index (κ3) is 4.73. The second-order valence-corrected chi connectivity index (χ2v) is 6.83. The molecule has 25 heavy (non-hydrogen) atoms. The van der Waals surface area contributed by atoms with E-state index in [2.05, 4.69) is 17.6 Å².